The van der Waals surface area contributed by atoms with Crippen molar-refractivity contribution in [3.8, 4) is 0 Å². The summed E-state index contributed by atoms with van der Waals surface area (Å²) in [5.74, 6) is 2.89. The van der Waals surface area contributed by atoms with Crippen molar-refractivity contribution >= 4 is 11.9 Å². The van der Waals surface area contributed by atoms with Crippen LogP contribution in [0.5, 0.6) is 0 Å². The molecule has 0 aromatic carbocycles. The van der Waals surface area contributed by atoms with Gasteiger partial charge in [-0.3, -0.25) is 9.59 Å². The third kappa shape index (κ3) is 7.58. The van der Waals surface area contributed by atoms with Crippen molar-refractivity contribution in [3.63, 3.8) is 0 Å². The standard InChI is InChI=1S/C31H48N2O4/c1-8-19(4)29-30(33-37-31(29)25-15-23(16-25)12-18(2)3)24(10-9-11-28(35)36)17-27(34)32-26-14-21(6)20(5)13-22(26)7/h13-14,18-21,23-25H,8-12,15-17H2,1-7H3,(H,32,34)(H,35,36)/t19-,20?,21+,23?,24?,25?/m0/s1. The van der Waals surface area contributed by atoms with Gasteiger partial charge in [0.1, 0.15) is 5.76 Å². The molecule has 0 bridgehead atoms. The van der Waals surface area contributed by atoms with E-state index in [9.17, 15) is 14.7 Å². The minimum Gasteiger partial charge on any atom is -0.481 e. The van der Waals surface area contributed by atoms with Crippen LogP contribution in [-0.4, -0.2) is 22.1 Å². The van der Waals surface area contributed by atoms with E-state index in [1.807, 2.05) is 6.92 Å². The van der Waals surface area contributed by atoms with Crippen LogP contribution in [0.2, 0.25) is 0 Å². The van der Waals surface area contributed by atoms with E-state index in [0.717, 1.165) is 47.9 Å². The molecule has 0 saturated heterocycles. The van der Waals surface area contributed by atoms with Gasteiger partial charge in [-0.1, -0.05) is 58.9 Å². The number of allylic oxidation sites excluding steroid dienone is 3. The molecule has 0 aliphatic heterocycles. The Bertz CT molecular complexity index is 999. The van der Waals surface area contributed by atoms with Gasteiger partial charge in [-0.2, -0.15) is 0 Å². The Kier molecular flexibility index (Phi) is 10.2. The molecule has 1 heterocycles. The van der Waals surface area contributed by atoms with Crippen LogP contribution in [0.1, 0.15) is 135 Å². The summed E-state index contributed by atoms with van der Waals surface area (Å²) < 4.78 is 6.04. The topological polar surface area (TPSA) is 92.4 Å². The molecule has 2 unspecified atom stereocenters. The zero-order valence-electron chi connectivity index (χ0n) is 24.0. The van der Waals surface area contributed by atoms with Crippen LogP contribution in [0.15, 0.2) is 27.9 Å². The average Bonchev–Trinajstić information content (AvgIpc) is 3.22. The van der Waals surface area contributed by atoms with Crippen LogP contribution < -0.4 is 5.32 Å². The minimum absolute atomic E-state index is 0.0543. The summed E-state index contributed by atoms with van der Waals surface area (Å²) in [6.45, 7) is 15.3. The molecule has 0 radical (unpaired) electrons. The highest BCUT2D eigenvalue weighted by Crippen LogP contribution is 2.48. The fraction of sp³-hybridized carbons (Fsp3) is 0.710. The molecule has 1 aromatic rings. The monoisotopic (exact) mass is 512 g/mol. The lowest BCUT2D eigenvalue weighted by Gasteiger charge is -2.35. The van der Waals surface area contributed by atoms with Crippen molar-refractivity contribution in [1.82, 2.24) is 10.5 Å². The number of aliphatic carboxylic acids is 1. The summed E-state index contributed by atoms with van der Waals surface area (Å²) in [6.07, 6.45) is 10.3. The molecule has 2 aliphatic carbocycles. The summed E-state index contributed by atoms with van der Waals surface area (Å²) in [4.78, 5) is 24.5. The highest BCUT2D eigenvalue weighted by molar-refractivity contribution is 5.79. The molecule has 1 saturated carbocycles. The summed E-state index contributed by atoms with van der Waals surface area (Å²) in [5.41, 5.74) is 4.00. The highest BCUT2D eigenvalue weighted by atomic mass is 16.5. The number of hydrogen-bond donors (Lipinski definition) is 2. The number of nitrogens with zero attached hydrogens (tertiary/aromatic N) is 1. The number of aromatic nitrogens is 1. The van der Waals surface area contributed by atoms with E-state index in [1.165, 1.54) is 12.0 Å². The second-order valence-corrected chi connectivity index (χ2v) is 12.2. The second kappa shape index (κ2) is 12.9. The minimum atomic E-state index is -0.812. The summed E-state index contributed by atoms with van der Waals surface area (Å²) >= 11 is 0. The number of carbonyl (C=O) groups is 2. The first-order chi connectivity index (χ1) is 17.5. The smallest absolute Gasteiger partial charge is 0.303 e. The molecule has 1 amide bonds. The average molecular weight is 513 g/mol. The van der Waals surface area contributed by atoms with Crippen molar-refractivity contribution in [2.24, 2.45) is 23.7 Å². The molecule has 0 spiro atoms. The van der Waals surface area contributed by atoms with E-state index >= 15 is 0 Å². The van der Waals surface area contributed by atoms with E-state index < -0.39 is 5.97 Å². The third-order valence-corrected chi connectivity index (χ3v) is 8.53. The van der Waals surface area contributed by atoms with Gasteiger partial charge in [0, 0.05) is 35.9 Å². The molecule has 4 atom stereocenters. The maximum atomic E-state index is 13.3. The number of nitrogens with one attached hydrogen (secondary N) is 1. The predicted molar refractivity (Wildman–Crippen MR) is 147 cm³/mol. The Morgan fingerprint density at radius 2 is 1.84 bits per heavy atom. The Balaban J connectivity index is 1.82. The Labute approximate surface area is 223 Å². The maximum absolute atomic E-state index is 13.3. The second-order valence-electron chi connectivity index (χ2n) is 12.2. The summed E-state index contributed by atoms with van der Waals surface area (Å²) in [5, 5.41) is 16.9. The normalized spacial score (nSPS) is 25.2. The molecular weight excluding hydrogens is 464 g/mol. The van der Waals surface area contributed by atoms with E-state index in [4.69, 9.17) is 4.52 Å². The molecule has 6 nitrogen and oxygen atoms in total. The lowest BCUT2D eigenvalue weighted by atomic mass is 9.68. The Morgan fingerprint density at radius 3 is 2.46 bits per heavy atom. The van der Waals surface area contributed by atoms with Crippen molar-refractivity contribution in [3.05, 3.63) is 40.4 Å². The Morgan fingerprint density at radius 1 is 1.16 bits per heavy atom. The fourth-order valence-corrected chi connectivity index (χ4v) is 6.00. The van der Waals surface area contributed by atoms with Crippen molar-refractivity contribution in [2.75, 3.05) is 0 Å². The van der Waals surface area contributed by atoms with E-state index in [1.54, 1.807) is 0 Å². The molecule has 37 heavy (non-hydrogen) atoms. The number of carbonyl (C=O) groups excluding carboxylic acids is 1. The number of carboxylic acids is 1. The zero-order valence-corrected chi connectivity index (χ0v) is 24.0. The third-order valence-electron chi connectivity index (χ3n) is 8.53. The van der Waals surface area contributed by atoms with Crippen LogP contribution in [0.3, 0.4) is 0 Å². The van der Waals surface area contributed by atoms with Crippen LogP contribution in [0.25, 0.3) is 0 Å². The first-order valence-electron chi connectivity index (χ1n) is 14.4. The molecular formula is C31H48N2O4. The highest BCUT2D eigenvalue weighted by Gasteiger charge is 2.38. The SMILES string of the molecule is CC[C@H](C)c1c(C(CCCC(=O)O)CC(=O)NC2=C[C@@H](C)C(C)C=C2C)noc1C1CC(CC(C)C)C1. The molecule has 2 aliphatic rings. The van der Waals surface area contributed by atoms with Crippen molar-refractivity contribution < 1.29 is 19.2 Å². The molecule has 1 aromatic heterocycles. The number of rotatable bonds is 13. The number of hydrogen-bond acceptors (Lipinski definition) is 4. The van der Waals surface area contributed by atoms with Gasteiger partial charge in [-0.25, -0.2) is 0 Å². The fourth-order valence-electron chi connectivity index (χ4n) is 6.00. The van der Waals surface area contributed by atoms with Crippen LogP contribution >= 0.6 is 0 Å². The van der Waals surface area contributed by atoms with Gasteiger partial charge in [0.15, 0.2) is 0 Å². The largest absolute Gasteiger partial charge is 0.481 e. The van der Waals surface area contributed by atoms with Crippen LogP contribution in [0, 0.1) is 23.7 Å². The van der Waals surface area contributed by atoms with E-state index in [0.29, 0.717) is 36.5 Å². The number of amides is 1. The summed E-state index contributed by atoms with van der Waals surface area (Å²) in [6, 6.07) is 0. The van der Waals surface area contributed by atoms with Gasteiger partial charge in [0.2, 0.25) is 5.91 Å². The van der Waals surface area contributed by atoms with Crippen LogP contribution in [0.4, 0.5) is 0 Å². The lowest BCUT2D eigenvalue weighted by molar-refractivity contribution is -0.137. The maximum Gasteiger partial charge on any atom is 0.303 e. The zero-order chi connectivity index (χ0) is 27.3. The molecule has 6 heteroatoms. The van der Waals surface area contributed by atoms with Gasteiger partial charge in [-0.15, -0.1) is 0 Å². The lowest BCUT2D eigenvalue weighted by Crippen LogP contribution is -2.28. The summed E-state index contributed by atoms with van der Waals surface area (Å²) in [7, 11) is 0. The van der Waals surface area contributed by atoms with E-state index in [-0.39, 0.29) is 30.6 Å². The van der Waals surface area contributed by atoms with Crippen LogP contribution in [-0.2, 0) is 9.59 Å². The molecule has 3 rings (SSSR count). The van der Waals surface area contributed by atoms with Gasteiger partial charge in [0.05, 0.1) is 5.69 Å². The molecule has 1 fully saturated rings. The number of carboxylic acid groups (broad SMARTS) is 1. The predicted octanol–water partition coefficient (Wildman–Crippen LogP) is 7.69. The van der Waals surface area contributed by atoms with Gasteiger partial charge in [-0.05, 0) is 80.6 Å². The van der Waals surface area contributed by atoms with E-state index in [2.05, 4.69) is 64.2 Å². The first kappa shape index (κ1) is 29.2. The molecule has 206 valence electrons. The van der Waals surface area contributed by atoms with Crippen molar-refractivity contribution in [1.29, 1.82) is 0 Å². The quantitative estimate of drug-likeness (QED) is 0.283. The molecule has 2 N–H and O–H groups in total. The van der Waals surface area contributed by atoms with Crippen molar-refractivity contribution in [2.45, 2.75) is 118 Å². The van der Waals surface area contributed by atoms with Gasteiger partial charge >= 0.3 is 5.97 Å². The van der Waals surface area contributed by atoms with Gasteiger partial charge < -0.3 is 14.9 Å². The Hall–Kier alpha value is -2.37. The van der Waals surface area contributed by atoms with Gasteiger partial charge in [0.25, 0.3) is 0 Å². The first-order valence-corrected chi connectivity index (χ1v) is 14.4.